The molecular weight excluding hydrogens is 214 g/mol. The molecule has 2 N–H and O–H groups in total. The van der Waals surface area contributed by atoms with Crippen LogP contribution in [-0.4, -0.2) is 27.5 Å². The molecule has 1 saturated carbocycles. The number of rotatable bonds is 5. The zero-order chi connectivity index (χ0) is 11.7. The molecule has 0 atom stereocenters. The van der Waals surface area contributed by atoms with Crippen LogP contribution in [0.4, 0.5) is 11.6 Å². The lowest BCUT2D eigenvalue weighted by molar-refractivity contribution is 0.881. The molecule has 3 rings (SSSR count). The van der Waals surface area contributed by atoms with Gasteiger partial charge in [0.2, 0.25) is 0 Å². The molecule has 17 heavy (non-hydrogen) atoms. The first-order valence-corrected chi connectivity index (χ1v) is 6.18. The highest BCUT2D eigenvalue weighted by Crippen LogP contribution is 2.29. The summed E-state index contributed by atoms with van der Waals surface area (Å²) in [5.41, 5.74) is 0.896. The summed E-state index contributed by atoms with van der Waals surface area (Å²) in [6, 6.07) is 0. The summed E-state index contributed by atoms with van der Waals surface area (Å²) >= 11 is 0. The smallest absolute Gasteiger partial charge is 0.180 e. The molecule has 2 heterocycles. The van der Waals surface area contributed by atoms with Crippen LogP contribution in [0.3, 0.4) is 0 Å². The number of aromatic nitrogens is 3. The van der Waals surface area contributed by atoms with Gasteiger partial charge in [-0.1, -0.05) is 0 Å². The number of fused-ring (bicyclic) bond motifs is 1. The fourth-order valence-electron chi connectivity index (χ4n) is 1.88. The second-order valence-electron chi connectivity index (χ2n) is 4.49. The van der Waals surface area contributed by atoms with Crippen molar-refractivity contribution in [3.8, 4) is 0 Å². The van der Waals surface area contributed by atoms with Gasteiger partial charge in [0.05, 0.1) is 6.20 Å². The fourth-order valence-corrected chi connectivity index (χ4v) is 1.88. The number of hydrogen-bond acceptors (Lipinski definition) is 4. The van der Waals surface area contributed by atoms with Crippen LogP contribution in [0.5, 0.6) is 0 Å². The topological polar surface area (TPSA) is 54.2 Å². The molecule has 5 nitrogen and oxygen atoms in total. The standard InChI is InChI=1S/C12H17N5/c1-2-13-10-8-17-6-5-14-12(17)11(16-10)15-7-9-3-4-9/h5-6,8-9,13H,2-4,7H2,1H3,(H,15,16). The van der Waals surface area contributed by atoms with E-state index in [9.17, 15) is 0 Å². The van der Waals surface area contributed by atoms with E-state index in [0.717, 1.165) is 36.3 Å². The largest absolute Gasteiger partial charge is 0.369 e. The predicted octanol–water partition coefficient (Wildman–Crippen LogP) is 1.98. The first-order chi connectivity index (χ1) is 8.36. The molecule has 0 aromatic carbocycles. The molecule has 90 valence electrons. The van der Waals surface area contributed by atoms with Crippen molar-refractivity contribution in [3.63, 3.8) is 0 Å². The highest BCUT2D eigenvalue weighted by molar-refractivity contribution is 5.65. The summed E-state index contributed by atoms with van der Waals surface area (Å²) in [5.74, 6) is 2.59. The van der Waals surface area contributed by atoms with Gasteiger partial charge in [0.15, 0.2) is 11.5 Å². The van der Waals surface area contributed by atoms with Crippen molar-refractivity contribution in [1.82, 2.24) is 14.4 Å². The van der Waals surface area contributed by atoms with Crippen LogP contribution in [0.2, 0.25) is 0 Å². The zero-order valence-electron chi connectivity index (χ0n) is 9.98. The van der Waals surface area contributed by atoms with Gasteiger partial charge >= 0.3 is 0 Å². The first kappa shape index (κ1) is 10.4. The maximum absolute atomic E-state index is 4.56. The number of imidazole rings is 1. The van der Waals surface area contributed by atoms with Gasteiger partial charge in [-0.05, 0) is 25.7 Å². The third-order valence-corrected chi connectivity index (χ3v) is 2.99. The Labute approximate surface area is 100 Å². The normalized spacial score (nSPS) is 15.1. The quantitative estimate of drug-likeness (QED) is 0.826. The van der Waals surface area contributed by atoms with E-state index in [1.54, 1.807) is 6.20 Å². The van der Waals surface area contributed by atoms with E-state index in [1.165, 1.54) is 12.8 Å². The van der Waals surface area contributed by atoms with Gasteiger partial charge in [-0.3, -0.25) is 0 Å². The summed E-state index contributed by atoms with van der Waals surface area (Å²) < 4.78 is 2.00. The van der Waals surface area contributed by atoms with Gasteiger partial charge in [-0.25, -0.2) is 9.97 Å². The average molecular weight is 231 g/mol. The molecule has 5 heteroatoms. The molecular formula is C12H17N5. The summed E-state index contributed by atoms with van der Waals surface area (Å²) in [6.45, 7) is 3.94. The molecule has 0 aliphatic heterocycles. The second kappa shape index (κ2) is 4.24. The second-order valence-corrected chi connectivity index (χ2v) is 4.49. The van der Waals surface area contributed by atoms with Crippen LogP contribution in [-0.2, 0) is 0 Å². The van der Waals surface area contributed by atoms with Crippen LogP contribution < -0.4 is 10.6 Å². The monoisotopic (exact) mass is 231 g/mol. The minimum Gasteiger partial charge on any atom is -0.369 e. The SMILES string of the molecule is CCNc1cn2ccnc2c(NCC2CC2)n1. The van der Waals surface area contributed by atoms with E-state index in [2.05, 4.69) is 27.5 Å². The molecule has 0 unspecified atom stereocenters. The zero-order valence-corrected chi connectivity index (χ0v) is 9.98. The Bertz CT molecular complexity index is 515. The van der Waals surface area contributed by atoms with Gasteiger partial charge in [-0.15, -0.1) is 0 Å². The fraction of sp³-hybridized carbons (Fsp3) is 0.500. The van der Waals surface area contributed by atoms with Crippen LogP contribution in [0.15, 0.2) is 18.6 Å². The Morgan fingerprint density at radius 2 is 2.29 bits per heavy atom. The van der Waals surface area contributed by atoms with E-state index < -0.39 is 0 Å². The van der Waals surface area contributed by atoms with Crippen molar-refractivity contribution in [2.45, 2.75) is 19.8 Å². The Morgan fingerprint density at radius 1 is 1.41 bits per heavy atom. The van der Waals surface area contributed by atoms with Crippen molar-refractivity contribution in [3.05, 3.63) is 18.6 Å². The number of nitrogens with one attached hydrogen (secondary N) is 2. The van der Waals surface area contributed by atoms with E-state index in [0.29, 0.717) is 0 Å². The lowest BCUT2D eigenvalue weighted by Gasteiger charge is -2.09. The van der Waals surface area contributed by atoms with E-state index in [-0.39, 0.29) is 0 Å². The Hall–Kier alpha value is -1.78. The van der Waals surface area contributed by atoms with Crippen LogP contribution >= 0.6 is 0 Å². The molecule has 1 fully saturated rings. The minimum atomic E-state index is 0.828. The number of hydrogen-bond donors (Lipinski definition) is 2. The van der Waals surface area contributed by atoms with E-state index in [1.807, 2.05) is 16.8 Å². The Morgan fingerprint density at radius 3 is 3.06 bits per heavy atom. The van der Waals surface area contributed by atoms with Gasteiger partial charge in [0.25, 0.3) is 0 Å². The van der Waals surface area contributed by atoms with Gasteiger partial charge in [-0.2, -0.15) is 0 Å². The number of nitrogens with zero attached hydrogens (tertiary/aromatic N) is 3. The molecule has 0 spiro atoms. The molecule has 2 aromatic heterocycles. The highest BCUT2D eigenvalue weighted by atomic mass is 15.1. The van der Waals surface area contributed by atoms with Crippen LogP contribution in [0, 0.1) is 5.92 Å². The molecule has 0 saturated heterocycles. The molecule has 0 amide bonds. The lowest BCUT2D eigenvalue weighted by atomic mass is 10.4. The summed E-state index contributed by atoms with van der Waals surface area (Å²) in [5, 5.41) is 6.63. The Kier molecular flexibility index (Phi) is 2.59. The summed E-state index contributed by atoms with van der Waals surface area (Å²) in [6.07, 6.45) is 8.39. The minimum absolute atomic E-state index is 0.828. The molecule has 2 aromatic rings. The summed E-state index contributed by atoms with van der Waals surface area (Å²) in [7, 11) is 0. The Balaban J connectivity index is 1.90. The van der Waals surface area contributed by atoms with Gasteiger partial charge < -0.3 is 15.0 Å². The predicted molar refractivity (Wildman–Crippen MR) is 68.4 cm³/mol. The van der Waals surface area contributed by atoms with Crippen LogP contribution in [0.25, 0.3) is 5.65 Å². The highest BCUT2D eigenvalue weighted by Gasteiger charge is 2.21. The van der Waals surface area contributed by atoms with Crippen molar-refractivity contribution in [1.29, 1.82) is 0 Å². The molecule has 0 radical (unpaired) electrons. The lowest BCUT2D eigenvalue weighted by Crippen LogP contribution is -2.09. The maximum atomic E-state index is 4.56. The van der Waals surface area contributed by atoms with Crippen molar-refractivity contribution < 1.29 is 0 Å². The van der Waals surface area contributed by atoms with Crippen molar-refractivity contribution >= 4 is 17.3 Å². The number of anilines is 2. The third-order valence-electron chi connectivity index (χ3n) is 2.99. The first-order valence-electron chi connectivity index (χ1n) is 6.18. The molecule has 1 aliphatic carbocycles. The van der Waals surface area contributed by atoms with Crippen molar-refractivity contribution in [2.75, 3.05) is 23.7 Å². The van der Waals surface area contributed by atoms with Crippen molar-refractivity contribution in [2.24, 2.45) is 5.92 Å². The van der Waals surface area contributed by atoms with Crippen LogP contribution in [0.1, 0.15) is 19.8 Å². The average Bonchev–Trinajstić information content (AvgIpc) is 3.03. The van der Waals surface area contributed by atoms with Gasteiger partial charge in [0, 0.05) is 25.5 Å². The molecule has 0 bridgehead atoms. The third kappa shape index (κ3) is 2.18. The van der Waals surface area contributed by atoms with Gasteiger partial charge in [0.1, 0.15) is 5.82 Å². The van der Waals surface area contributed by atoms with E-state index >= 15 is 0 Å². The van der Waals surface area contributed by atoms with E-state index in [4.69, 9.17) is 0 Å². The molecule has 1 aliphatic rings. The summed E-state index contributed by atoms with van der Waals surface area (Å²) in [4.78, 5) is 8.89. The maximum Gasteiger partial charge on any atom is 0.180 e.